The second kappa shape index (κ2) is 12.7. The maximum atomic E-state index is 14.2. The van der Waals surface area contributed by atoms with Crippen LogP contribution in [0.25, 0.3) is 5.69 Å². The van der Waals surface area contributed by atoms with Gasteiger partial charge in [-0.25, -0.2) is 23.7 Å². The van der Waals surface area contributed by atoms with Crippen molar-refractivity contribution in [3.05, 3.63) is 62.4 Å². The fourth-order valence-corrected chi connectivity index (χ4v) is 3.36. The number of rotatable bonds is 7. The summed E-state index contributed by atoms with van der Waals surface area (Å²) in [6.45, 7) is 1.45. The van der Waals surface area contributed by atoms with Crippen LogP contribution in [0.5, 0.6) is 0 Å². The van der Waals surface area contributed by atoms with Crippen molar-refractivity contribution in [3.63, 3.8) is 0 Å². The maximum absolute atomic E-state index is 14.2. The summed E-state index contributed by atoms with van der Waals surface area (Å²) in [5.41, 5.74) is 4.63. The lowest BCUT2D eigenvalue weighted by Gasteiger charge is -2.12. The molecule has 3 N–H and O–H groups in total. The van der Waals surface area contributed by atoms with E-state index in [0.29, 0.717) is 21.9 Å². The number of anilines is 1. The summed E-state index contributed by atoms with van der Waals surface area (Å²) in [4.78, 5) is 31.4. The average Bonchev–Trinajstić information content (AvgIpc) is 3.10. The number of aryl methyl sites for hydroxylation is 2. The van der Waals surface area contributed by atoms with E-state index in [4.69, 9.17) is 38.8 Å². The van der Waals surface area contributed by atoms with Gasteiger partial charge in [0.25, 0.3) is 0 Å². The highest BCUT2D eigenvalue weighted by Gasteiger charge is 2.23. The normalized spacial score (nSPS) is 11.7. The molecule has 10 nitrogen and oxygen atoms in total. The minimum absolute atomic E-state index is 0.0424. The highest BCUT2D eigenvalue weighted by Crippen LogP contribution is 2.25. The minimum Gasteiger partial charge on any atom is -0.465 e. The van der Waals surface area contributed by atoms with Crippen molar-refractivity contribution in [1.82, 2.24) is 24.3 Å². The van der Waals surface area contributed by atoms with Gasteiger partial charge in [0.1, 0.15) is 28.5 Å². The monoisotopic (exact) mass is 550 g/mol. The van der Waals surface area contributed by atoms with Crippen molar-refractivity contribution in [3.8, 4) is 5.69 Å². The van der Waals surface area contributed by atoms with E-state index < -0.39 is 29.4 Å². The summed E-state index contributed by atoms with van der Waals surface area (Å²) in [5.74, 6) is -0.944. The Labute approximate surface area is 213 Å². The molecule has 196 valence electrons. The van der Waals surface area contributed by atoms with Gasteiger partial charge in [-0.3, -0.25) is 4.79 Å². The van der Waals surface area contributed by atoms with Gasteiger partial charge in [-0.2, -0.15) is 13.5 Å². The fraction of sp³-hybridized carbons (Fsp3) is 0.381. The molecule has 0 aliphatic rings. The van der Waals surface area contributed by atoms with Crippen molar-refractivity contribution in [2.45, 2.75) is 45.7 Å². The summed E-state index contributed by atoms with van der Waals surface area (Å²) in [6.07, 6.45) is 1.41. The molecule has 36 heavy (non-hydrogen) atoms. The number of carbonyl (C=O) groups excluding carboxylic acids is 1. The van der Waals surface area contributed by atoms with Crippen LogP contribution >= 0.6 is 23.2 Å². The van der Waals surface area contributed by atoms with Gasteiger partial charge in [0.15, 0.2) is 5.82 Å². The Kier molecular flexibility index (Phi) is 10.3. The lowest BCUT2D eigenvalue weighted by Crippen LogP contribution is -2.25. The smallest absolute Gasteiger partial charge is 0.355 e. The molecule has 0 aliphatic carbocycles. The Morgan fingerprint density at radius 1 is 1.28 bits per heavy atom. The number of alkyl halides is 3. The van der Waals surface area contributed by atoms with Gasteiger partial charge in [0, 0.05) is 23.2 Å². The molecular weight excluding hydrogens is 528 g/mol. The van der Waals surface area contributed by atoms with Gasteiger partial charge in [-0.1, -0.05) is 11.6 Å². The molecule has 0 amide bonds. The molecule has 1 unspecified atom stereocenters. The molecular formula is C21H23Cl2F3N6O4. The van der Waals surface area contributed by atoms with Crippen LogP contribution in [0.15, 0.2) is 23.1 Å². The molecule has 0 saturated heterocycles. The molecule has 0 saturated carbocycles. The van der Waals surface area contributed by atoms with E-state index in [1.54, 1.807) is 13.8 Å². The van der Waals surface area contributed by atoms with Crippen LogP contribution in [0.4, 0.5) is 19.0 Å². The number of esters is 1. The van der Waals surface area contributed by atoms with Gasteiger partial charge >= 0.3 is 18.2 Å². The van der Waals surface area contributed by atoms with Gasteiger partial charge < -0.3 is 15.6 Å². The zero-order chi connectivity index (χ0) is 27.2. The number of aliphatic hydroxyl groups excluding tert-OH is 1. The van der Waals surface area contributed by atoms with Crippen molar-refractivity contribution < 1.29 is 27.8 Å². The molecule has 0 bridgehead atoms. The molecule has 0 fully saturated rings. The fourth-order valence-electron chi connectivity index (χ4n) is 2.90. The zero-order valence-electron chi connectivity index (χ0n) is 19.4. The Hall–Kier alpha value is -3.16. The van der Waals surface area contributed by atoms with Gasteiger partial charge in [-0.05, 0) is 38.5 Å². The second-order valence-electron chi connectivity index (χ2n) is 7.19. The van der Waals surface area contributed by atoms with Crippen molar-refractivity contribution >= 4 is 35.0 Å². The predicted octanol–water partition coefficient (Wildman–Crippen LogP) is 3.10. The quantitative estimate of drug-likeness (QED) is 0.338. The highest BCUT2D eigenvalue weighted by molar-refractivity contribution is 6.32. The Morgan fingerprint density at radius 2 is 1.94 bits per heavy atom. The molecule has 15 heteroatoms. The van der Waals surface area contributed by atoms with E-state index in [1.165, 1.54) is 13.1 Å². The van der Waals surface area contributed by atoms with E-state index in [1.807, 2.05) is 0 Å². The number of hydrogen-bond acceptors (Lipinski definition) is 8. The van der Waals surface area contributed by atoms with Crippen LogP contribution in [0.1, 0.15) is 36.2 Å². The number of hydrogen-bond donors (Lipinski definition) is 2. The average molecular weight is 551 g/mol. The van der Waals surface area contributed by atoms with E-state index in [2.05, 4.69) is 15.1 Å². The third kappa shape index (κ3) is 6.95. The summed E-state index contributed by atoms with van der Waals surface area (Å²) < 4.78 is 45.5. The topological polar surface area (TPSA) is 138 Å². The van der Waals surface area contributed by atoms with Crippen molar-refractivity contribution in [2.75, 3.05) is 12.3 Å². The first kappa shape index (κ1) is 29.1. The zero-order valence-corrected chi connectivity index (χ0v) is 20.9. The first-order chi connectivity index (χ1) is 16.9. The number of ether oxygens (including phenoxy) is 1. The molecule has 0 spiro atoms. The first-order valence-electron chi connectivity index (χ1n) is 10.3. The lowest BCUT2D eigenvalue weighted by molar-refractivity contribution is -0.142. The second-order valence-corrected chi connectivity index (χ2v) is 8.13. The Morgan fingerprint density at radius 3 is 2.47 bits per heavy atom. The van der Waals surface area contributed by atoms with E-state index in [-0.39, 0.29) is 46.3 Å². The van der Waals surface area contributed by atoms with Crippen LogP contribution in [0.2, 0.25) is 5.02 Å². The molecule has 1 atom stereocenters. The van der Waals surface area contributed by atoms with Crippen LogP contribution in [-0.4, -0.2) is 47.4 Å². The number of aliphatic hydroxyl groups is 1. The Bertz CT molecular complexity index is 1290. The van der Waals surface area contributed by atoms with Gasteiger partial charge in [0.05, 0.1) is 13.2 Å². The maximum Gasteiger partial charge on any atom is 0.355 e. The lowest BCUT2D eigenvalue weighted by atomic mass is 10.1. The number of nitrogens with zero attached hydrogens (tertiary/aromatic N) is 5. The number of nitrogen functional groups attached to an aromatic ring is 1. The van der Waals surface area contributed by atoms with Crippen LogP contribution in [0, 0.1) is 19.7 Å². The molecule has 2 aromatic heterocycles. The number of carbonyl (C=O) groups is 1. The third-order valence-corrected chi connectivity index (χ3v) is 5.33. The molecule has 3 aromatic rings. The van der Waals surface area contributed by atoms with Crippen LogP contribution < -0.4 is 11.4 Å². The number of benzene rings is 1. The van der Waals surface area contributed by atoms with Gasteiger partial charge in [0.2, 0.25) is 0 Å². The summed E-state index contributed by atoms with van der Waals surface area (Å²) in [6, 6.07) is 2.03. The number of halogens is 5. The SMILES string of the molecule is CCOC(=O)C(Cl)Cc1cc(-n2nc(C)n(C(F)F)c2=O)c(F)cc1Cl.Cc1ncc(CO)c(N)n1. The largest absolute Gasteiger partial charge is 0.465 e. The number of nitrogens with two attached hydrogens (primary N) is 1. The standard InChI is InChI=1S/C15H14Cl2F3N3O3.C6H9N3O/c1-3-26-13(24)10(17)4-8-5-12(11(18)6-9(8)16)23-15(25)22(14(19)20)7(2)21-23;1-4-8-2-5(3-10)6(7)9-4/h5-6,10,14H,3-4H2,1-2H3;2,10H,3H2,1H3,(H2,7,8,9). The molecule has 0 aliphatic heterocycles. The Balaban J connectivity index is 0.000000380. The van der Waals surface area contributed by atoms with Crippen LogP contribution in [-0.2, 0) is 22.6 Å². The van der Waals surface area contributed by atoms with Gasteiger partial charge in [-0.15, -0.1) is 16.7 Å². The van der Waals surface area contributed by atoms with Crippen molar-refractivity contribution in [2.24, 2.45) is 0 Å². The first-order valence-corrected chi connectivity index (χ1v) is 11.2. The van der Waals surface area contributed by atoms with E-state index >= 15 is 0 Å². The third-order valence-electron chi connectivity index (χ3n) is 4.65. The summed E-state index contributed by atoms with van der Waals surface area (Å²) >= 11 is 11.9. The van der Waals surface area contributed by atoms with E-state index in [9.17, 15) is 22.8 Å². The predicted molar refractivity (Wildman–Crippen MR) is 126 cm³/mol. The molecule has 2 heterocycles. The highest BCUT2D eigenvalue weighted by atomic mass is 35.5. The molecule has 1 aromatic carbocycles. The summed E-state index contributed by atoms with van der Waals surface area (Å²) in [7, 11) is 0. The van der Waals surface area contributed by atoms with Crippen LogP contribution in [0.3, 0.4) is 0 Å². The number of aromatic nitrogens is 5. The molecule has 0 radical (unpaired) electrons. The summed E-state index contributed by atoms with van der Waals surface area (Å²) in [5, 5.41) is 11.2. The molecule has 3 rings (SSSR count). The van der Waals surface area contributed by atoms with Crippen molar-refractivity contribution in [1.29, 1.82) is 0 Å². The van der Waals surface area contributed by atoms with E-state index in [0.717, 1.165) is 12.1 Å². The minimum atomic E-state index is -3.12.